The molecule has 4 nitrogen and oxygen atoms in total. The van der Waals surface area contributed by atoms with Crippen molar-refractivity contribution in [2.24, 2.45) is 0 Å². The van der Waals surface area contributed by atoms with E-state index in [-0.39, 0.29) is 5.75 Å². The third-order valence-corrected chi connectivity index (χ3v) is 3.11. The molecule has 0 saturated heterocycles. The smallest absolute Gasteiger partial charge is 0.167 e. The summed E-state index contributed by atoms with van der Waals surface area (Å²) in [6.07, 6.45) is 1.83. The lowest BCUT2D eigenvalue weighted by Gasteiger charge is -2.02. The quantitative estimate of drug-likeness (QED) is 0.734. The Bertz CT molecular complexity index is 750. The number of ether oxygens (including phenoxy) is 2. The average molecular weight is 272 g/mol. The zero-order valence-electron chi connectivity index (χ0n) is 11.1. The Morgan fingerprint density at radius 1 is 1.05 bits per heavy atom. The summed E-state index contributed by atoms with van der Waals surface area (Å²) in [7, 11) is 3.06. The monoisotopic (exact) mass is 272 g/mol. The van der Waals surface area contributed by atoms with E-state index in [1.54, 1.807) is 17.9 Å². The van der Waals surface area contributed by atoms with E-state index in [1.165, 1.54) is 13.2 Å². The van der Waals surface area contributed by atoms with Gasteiger partial charge < -0.3 is 9.47 Å². The van der Waals surface area contributed by atoms with Crippen LogP contribution in [0.1, 0.15) is 0 Å². The van der Waals surface area contributed by atoms with Gasteiger partial charge in [-0.25, -0.2) is 9.07 Å². The number of aromatic nitrogens is 2. The molecule has 0 bridgehead atoms. The van der Waals surface area contributed by atoms with Crippen molar-refractivity contribution in [1.82, 2.24) is 9.78 Å². The van der Waals surface area contributed by atoms with E-state index in [0.29, 0.717) is 5.52 Å². The summed E-state index contributed by atoms with van der Waals surface area (Å²) in [5, 5.41) is 5.17. The van der Waals surface area contributed by atoms with Gasteiger partial charge in [0.05, 0.1) is 25.4 Å². The summed E-state index contributed by atoms with van der Waals surface area (Å²) in [4.78, 5) is 0. The van der Waals surface area contributed by atoms with Crippen molar-refractivity contribution in [3.05, 3.63) is 48.4 Å². The molecule has 20 heavy (non-hydrogen) atoms. The molecule has 2 aromatic carbocycles. The van der Waals surface area contributed by atoms with Crippen LogP contribution in [0.4, 0.5) is 4.39 Å². The van der Waals surface area contributed by atoms with Gasteiger partial charge >= 0.3 is 0 Å². The van der Waals surface area contributed by atoms with Crippen LogP contribution in [-0.2, 0) is 0 Å². The lowest BCUT2D eigenvalue weighted by atomic mass is 10.2. The Labute approximate surface area is 115 Å². The second-order valence-electron chi connectivity index (χ2n) is 4.32. The van der Waals surface area contributed by atoms with Crippen LogP contribution in [0.25, 0.3) is 16.6 Å². The highest BCUT2D eigenvalue weighted by atomic mass is 19.1. The minimum atomic E-state index is -0.417. The van der Waals surface area contributed by atoms with Crippen molar-refractivity contribution in [3.63, 3.8) is 0 Å². The zero-order valence-corrected chi connectivity index (χ0v) is 11.1. The summed E-state index contributed by atoms with van der Waals surface area (Å²) in [6, 6.07) is 10.5. The van der Waals surface area contributed by atoms with Gasteiger partial charge in [-0.1, -0.05) is 0 Å². The molecule has 3 rings (SSSR count). The number of halogens is 1. The molecule has 0 fully saturated rings. The number of methoxy groups -OCH3 is 2. The molecule has 0 N–H and O–H groups in total. The highest BCUT2D eigenvalue weighted by molar-refractivity contribution is 5.80. The van der Waals surface area contributed by atoms with E-state index in [0.717, 1.165) is 16.8 Å². The minimum absolute atomic E-state index is 0.215. The van der Waals surface area contributed by atoms with E-state index in [1.807, 2.05) is 30.5 Å². The minimum Gasteiger partial charge on any atom is -0.497 e. The molecule has 102 valence electrons. The molecule has 0 aliphatic heterocycles. The van der Waals surface area contributed by atoms with Gasteiger partial charge in [0.15, 0.2) is 11.6 Å². The number of benzene rings is 2. The Kier molecular flexibility index (Phi) is 3.02. The number of nitrogens with zero attached hydrogens (tertiary/aromatic N) is 2. The van der Waals surface area contributed by atoms with E-state index in [4.69, 9.17) is 9.47 Å². The van der Waals surface area contributed by atoms with Gasteiger partial charge in [0, 0.05) is 17.6 Å². The van der Waals surface area contributed by atoms with Crippen LogP contribution in [0.2, 0.25) is 0 Å². The van der Waals surface area contributed by atoms with Crippen molar-refractivity contribution in [2.75, 3.05) is 14.2 Å². The summed E-state index contributed by atoms with van der Waals surface area (Å²) >= 11 is 0. The van der Waals surface area contributed by atoms with Crippen molar-refractivity contribution in [3.8, 4) is 17.2 Å². The van der Waals surface area contributed by atoms with Crippen molar-refractivity contribution in [1.29, 1.82) is 0 Å². The largest absolute Gasteiger partial charge is 0.497 e. The molecule has 0 aliphatic carbocycles. The van der Waals surface area contributed by atoms with Gasteiger partial charge in [0.25, 0.3) is 0 Å². The maximum Gasteiger partial charge on any atom is 0.167 e. The molecule has 5 heteroatoms. The fraction of sp³-hybridized carbons (Fsp3) is 0.133. The Morgan fingerprint density at radius 3 is 2.45 bits per heavy atom. The molecule has 0 unspecified atom stereocenters. The van der Waals surface area contributed by atoms with Gasteiger partial charge in [0.2, 0.25) is 0 Å². The molecule has 0 aliphatic rings. The van der Waals surface area contributed by atoms with Crippen LogP contribution in [-0.4, -0.2) is 24.0 Å². The van der Waals surface area contributed by atoms with Gasteiger partial charge in [-0.05, 0) is 30.3 Å². The first-order chi connectivity index (χ1) is 9.71. The standard InChI is InChI=1S/C15H13FN2O2/c1-19-12-5-3-11(4-6-12)18-9-10-7-15(20-2)13(16)8-14(10)17-18/h3-9H,1-2H3. The second kappa shape index (κ2) is 4.85. The third kappa shape index (κ3) is 2.07. The summed E-state index contributed by atoms with van der Waals surface area (Å²) in [5.74, 6) is 0.574. The molecule has 1 aromatic heterocycles. The van der Waals surface area contributed by atoms with Crippen LogP contribution >= 0.6 is 0 Å². The van der Waals surface area contributed by atoms with Gasteiger partial charge in [0.1, 0.15) is 5.75 Å². The maximum absolute atomic E-state index is 13.6. The third-order valence-electron chi connectivity index (χ3n) is 3.11. The summed E-state index contributed by atoms with van der Waals surface area (Å²) in [6.45, 7) is 0. The van der Waals surface area contributed by atoms with Crippen LogP contribution in [0.5, 0.6) is 11.5 Å². The fourth-order valence-corrected chi connectivity index (χ4v) is 2.05. The SMILES string of the molecule is COc1ccc(-n2cc3cc(OC)c(F)cc3n2)cc1. The molecule has 1 heterocycles. The molecule has 0 atom stereocenters. The van der Waals surface area contributed by atoms with Crippen LogP contribution in [0.15, 0.2) is 42.6 Å². The lowest BCUT2D eigenvalue weighted by Crippen LogP contribution is -1.94. The first-order valence-electron chi connectivity index (χ1n) is 6.08. The van der Waals surface area contributed by atoms with Crippen molar-refractivity contribution in [2.45, 2.75) is 0 Å². The number of hydrogen-bond donors (Lipinski definition) is 0. The van der Waals surface area contributed by atoms with Crippen molar-refractivity contribution < 1.29 is 13.9 Å². The Morgan fingerprint density at radius 2 is 1.80 bits per heavy atom. The molecule has 0 spiro atoms. The molecular formula is C15H13FN2O2. The molecule has 0 radical (unpaired) electrons. The number of hydrogen-bond acceptors (Lipinski definition) is 3. The second-order valence-corrected chi connectivity index (χ2v) is 4.32. The van der Waals surface area contributed by atoms with Crippen LogP contribution in [0, 0.1) is 5.82 Å². The normalized spacial score (nSPS) is 10.8. The summed E-state index contributed by atoms with van der Waals surface area (Å²) < 4.78 is 25.4. The van der Waals surface area contributed by atoms with E-state index >= 15 is 0 Å². The molecule has 0 saturated carbocycles. The Hall–Kier alpha value is -2.56. The predicted octanol–water partition coefficient (Wildman–Crippen LogP) is 3.18. The highest BCUT2D eigenvalue weighted by Crippen LogP contribution is 2.25. The molecule has 3 aromatic rings. The highest BCUT2D eigenvalue weighted by Gasteiger charge is 2.09. The van der Waals surface area contributed by atoms with Gasteiger partial charge in [-0.2, -0.15) is 5.10 Å². The number of fused-ring (bicyclic) bond motifs is 1. The van der Waals surface area contributed by atoms with E-state index in [9.17, 15) is 4.39 Å². The topological polar surface area (TPSA) is 36.3 Å². The van der Waals surface area contributed by atoms with Crippen molar-refractivity contribution >= 4 is 10.9 Å². The maximum atomic E-state index is 13.6. The summed E-state index contributed by atoms with van der Waals surface area (Å²) in [5.41, 5.74) is 1.46. The Balaban J connectivity index is 2.07. The lowest BCUT2D eigenvalue weighted by molar-refractivity contribution is 0.387. The first kappa shape index (κ1) is 12.5. The van der Waals surface area contributed by atoms with Gasteiger partial charge in [-0.15, -0.1) is 0 Å². The van der Waals surface area contributed by atoms with E-state index in [2.05, 4.69) is 5.10 Å². The van der Waals surface area contributed by atoms with Crippen LogP contribution in [0.3, 0.4) is 0 Å². The average Bonchev–Trinajstić information content (AvgIpc) is 2.89. The van der Waals surface area contributed by atoms with Crippen LogP contribution < -0.4 is 9.47 Å². The molecule has 0 amide bonds. The predicted molar refractivity (Wildman–Crippen MR) is 74.1 cm³/mol. The zero-order chi connectivity index (χ0) is 14.1. The first-order valence-corrected chi connectivity index (χ1v) is 6.08. The fourth-order valence-electron chi connectivity index (χ4n) is 2.05. The number of rotatable bonds is 3. The molecular weight excluding hydrogens is 259 g/mol. The van der Waals surface area contributed by atoms with Gasteiger partial charge in [-0.3, -0.25) is 0 Å². The van der Waals surface area contributed by atoms with E-state index < -0.39 is 5.82 Å².